The largest absolute Gasteiger partial charge is 0.494 e. The standard InChI is InChI=1S/C23H17N3O6S/c1-2-31-17-8-6-15(7-9-17)25-22(28)19(21(27)24-23(25)33)13-18-10-11-20(32-18)14-4-3-5-16(12-14)26(29)30/h3-13H,2H2,1H3,(H,24,27,33)/b19-13-. The number of benzene rings is 2. The minimum atomic E-state index is -0.652. The van der Waals surface area contributed by atoms with E-state index in [4.69, 9.17) is 21.4 Å². The molecular weight excluding hydrogens is 446 g/mol. The molecule has 2 heterocycles. The second-order valence-electron chi connectivity index (χ2n) is 6.89. The summed E-state index contributed by atoms with van der Waals surface area (Å²) < 4.78 is 11.1. The summed E-state index contributed by atoms with van der Waals surface area (Å²) in [6.07, 6.45) is 1.31. The third-order valence-corrected chi connectivity index (χ3v) is 5.05. The van der Waals surface area contributed by atoms with Crippen molar-refractivity contribution < 1.29 is 23.7 Å². The average Bonchev–Trinajstić information content (AvgIpc) is 3.27. The quantitative estimate of drug-likeness (QED) is 0.193. The van der Waals surface area contributed by atoms with Crippen LogP contribution in [0.15, 0.2) is 70.7 Å². The Morgan fingerprint density at radius 3 is 2.61 bits per heavy atom. The van der Waals surface area contributed by atoms with Crippen molar-refractivity contribution in [3.63, 3.8) is 0 Å². The first-order valence-electron chi connectivity index (χ1n) is 9.86. The average molecular weight is 463 g/mol. The van der Waals surface area contributed by atoms with Crippen LogP contribution >= 0.6 is 12.2 Å². The zero-order valence-electron chi connectivity index (χ0n) is 17.3. The van der Waals surface area contributed by atoms with E-state index in [1.165, 1.54) is 23.1 Å². The van der Waals surface area contributed by atoms with E-state index in [9.17, 15) is 19.7 Å². The second kappa shape index (κ2) is 9.05. The number of amides is 2. The number of ether oxygens (including phenoxy) is 1. The number of nitrogens with zero attached hydrogens (tertiary/aromatic N) is 2. The number of non-ortho nitro benzene ring substituents is 1. The van der Waals surface area contributed by atoms with E-state index in [1.54, 1.807) is 48.5 Å². The van der Waals surface area contributed by atoms with E-state index < -0.39 is 16.7 Å². The number of thiocarbonyl (C=S) groups is 1. The van der Waals surface area contributed by atoms with Gasteiger partial charge in [-0.3, -0.25) is 29.9 Å². The molecule has 2 aromatic carbocycles. The van der Waals surface area contributed by atoms with Gasteiger partial charge in [-0.15, -0.1) is 0 Å². The fourth-order valence-electron chi connectivity index (χ4n) is 3.25. The Hall–Kier alpha value is -4.31. The molecule has 0 atom stereocenters. The van der Waals surface area contributed by atoms with Crippen molar-refractivity contribution in [3.05, 3.63) is 82.1 Å². The molecule has 1 N–H and O–H groups in total. The van der Waals surface area contributed by atoms with Gasteiger partial charge in [0.15, 0.2) is 5.11 Å². The van der Waals surface area contributed by atoms with Gasteiger partial charge in [0.25, 0.3) is 17.5 Å². The predicted molar refractivity (Wildman–Crippen MR) is 125 cm³/mol. The molecule has 1 fully saturated rings. The van der Waals surface area contributed by atoms with E-state index in [0.717, 1.165) is 0 Å². The third-order valence-electron chi connectivity index (χ3n) is 4.76. The molecule has 2 amide bonds. The zero-order chi connectivity index (χ0) is 23.5. The SMILES string of the molecule is CCOc1ccc(N2C(=O)/C(=C\c3ccc(-c4cccc([N+](=O)[O-])c4)o3)C(=O)NC2=S)cc1. The molecule has 10 heteroatoms. The van der Waals surface area contributed by atoms with Crippen LogP contribution in [0.5, 0.6) is 5.75 Å². The Bertz CT molecular complexity index is 1300. The number of anilines is 1. The van der Waals surface area contributed by atoms with Gasteiger partial charge in [-0.25, -0.2) is 0 Å². The summed E-state index contributed by atoms with van der Waals surface area (Å²) in [4.78, 5) is 37.3. The van der Waals surface area contributed by atoms with E-state index in [0.29, 0.717) is 29.4 Å². The normalized spacial score (nSPS) is 15.0. The van der Waals surface area contributed by atoms with Gasteiger partial charge in [0.1, 0.15) is 22.8 Å². The molecule has 4 rings (SSSR count). The van der Waals surface area contributed by atoms with E-state index >= 15 is 0 Å². The Kier molecular flexibility index (Phi) is 6.01. The van der Waals surface area contributed by atoms with Crippen molar-refractivity contribution in [2.75, 3.05) is 11.5 Å². The summed E-state index contributed by atoms with van der Waals surface area (Å²) in [5.41, 5.74) is 0.712. The molecule has 0 bridgehead atoms. The van der Waals surface area contributed by atoms with Crippen LogP contribution in [0.3, 0.4) is 0 Å². The fraction of sp³-hybridized carbons (Fsp3) is 0.0870. The summed E-state index contributed by atoms with van der Waals surface area (Å²) in [7, 11) is 0. The number of carbonyl (C=O) groups is 2. The smallest absolute Gasteiger partial charge is 0.270 e. The van der Waals surface area contributed by atoms with Gasteiger partial charge in [0, 0.05) is 17.7 Å². The Labute approximate surface area is 193 Å². The number of carbonyl (C=O) groups excluding carboxylic acids is 2. The molecule has 0 spiro atoms. The van der Waals surface area contributed by atoms with Crippen molar-refractivity contribution in [2.45, 2.75) is 6.92 Å². The summed E-state index contributed by atoms with van der Waals surface area (Å²) in [5, 5.41) is 13.5. The maximum atomic E-state index is 13.1. The molecule has 3 aromatic rings. The molecular formula is C23H17N3O6S. The van der Waals surface area contributed by atoms with Crippen molar-refractivity contribution in [1.82, 2.24) is 5.32 Å². The Balaban J connectivity index is 1.63. The van der Waals surface area contributed by atoms with Gasteiger partial charge in [-0.05, 0) is 61.6 Å². The molecule has 1 aliphatic rings. The lowest BCUT2D eigenvalue weighted by Gasteiger charge is -2.28. The summed E-state index contributed by atoms with van der Waals surface area (Å²) >= 11 is 5.20. The Morgan fingerprint density at radius 2 is 1.91 bits per heavy atom. The van der Waals surface area contributed by atoms with E-state index in [1.807, 2.05) is 6.92 Å². The molecule has 0 aliphatic carbocycles. The first-order chi connectivity index (χ1) is 15.9. The summed E-state index contributed by atoms with van der Waals surface area (Å²) in [5.74, 6) is -0.0371. The first-order valence-corrected chi connectivity index (χ1v) is 10.3. The van der Waals surface area contributed by atoms with Gasteiger partial charge in [0.2, 0.25) is 0 Å². The highest BCUT2D eigenvalue weighted by Crippen LogP contribution is 2.28. The van der Waals surface area contributed by atoms with Gasteiger partial charge >= 0.3 is 0 Å². The molecule has 1 aliphatic heterocycles. The minimum absolute atomic E-state index is 0.0389. The van der Waals surface area contributed by atoms with Crippen LogP contribution < -0.4 is 15.0 Å². The van der Waals surface area contributed by atoms with Gasteiger partial charge in [-0.2, -0.15) is 0 Å². The number of rotatable bonds is 6. The van der Waals surface area contributed by atoms with Crippen molar-refractivity contribution in [2.24, 2.45) is 0 Å². The van der Waals surface area contributed by atoms with E-state index in [2.05, 4.69) is 5.32 Å². The topological polar surface area (TPSA) is 115 Å². The third kappa shape index (κ3) is 4.51. The van der Waals surface area contributed by atoms with Crippen LogP contribution in [0.1, 0.15) is 12.7 Å². The highest BCUT2D eigenvalue weighted by molar-refractivity contribution is 7.80. The highest BCUT2D eigenvalue weighted by Gasteiger charge is 2.34. The molecule has 0 radical (unpaired) electrons. The minimum Gasteiger partial charge on any atom is -0.494 e. The molecule has 0 saturated carbocycles. The lowest BCUT2D eigenvalue weighted by Crippen LogP contribution is -2.54. The van der Waals surface area contributed by atoms with Crippen LogP contribution in [0.2, 0.25) is 0 Å². The predicted octanol–water partition coefficient (Wildman–Crippen LogP) is 4.08. The van der Waals surface area contributed by atoms with Crippen LogP contribution in [-0.2, 0) is 9.59 Å². The van der Waals surface area contributed by atoms with Gasteiger partial charge in [-0.1, -0.05) is 12.1 Å². The fourth-order valence-corrected chi connectivity index (χ4v) is 3.53. The number of nitro groups is 1. The van der Waals surface area contributed by atoms with Crippen LogP contribution in [0, 0.1) is 10.1 Å². The highest BCUT2D eigenvalue weighted by atomic mass is 32.1. The zero-order valence-corrected chi connectivity index (χ0v) is 18.1. The molecule has 166 valence electrons. The monoisotopic (exact) mass is 463 g/mol. The summed E-state index contributed by atoms with van der Waals surface area (Å²) in [6.45, 7) is 2.37. The number of nitro benzene ring substituents is 1. The number of nitrogens with one attached hydrogen (secondary N) is 1. The maximum Gasteiger partial charge on any atom is 0.270 e. The number of hydrogen-bond donors (Lipinski definition) is 1. The van der Waals surface area contributed by atoms with Crippen LogP contribution in [0.4, 0.5) is 11.4 Å². The Morgan fingerprint density at radius 1 is 1.15 bits per heavy atom. The second-order valence-corrected chi connectivity index (χ2v) is 7.28. The molecule has 33 heavy (non-hydrogen) atoms. The van der Waals surface area contributed by atoms with Gasteiger partial charge in [0.05, 0.1) is 17.2 Å². The van der Waals surface area contributed by atoms with Crippen molar-refractivity contribution >= 4 is 46.6 Å². The number of furan rings is 1. The van der Waals surface area contributed by atoms with Crippen molar-refractivity contribution in [3.8, 4) is 17.1 Å². The lowest BCUT2D eigenvalue weighted by molar-refractivity contribution is -0.384. The number of hydrogen-bond acceptors (Lipinski definition) is 7. The lowest BCUT2D eigenvalue weighted by atomic mass is 10.1. The summed E-state index contributed by atoms with van der Waals surface area (Å²) in [6, 6.07) is 15.9. The van der Waals surface area contributed by atoms with Crippen LogP contribution in [0.25, 0.3) is 17.4 Å². The van der Waals surface area contributed by atoms with Crippen LogP contribution in [-0.4, -0.2) is 28.5 Å². The van der Waals surface area contributed by atoms with Gasteiger partial charge < -0.3 is 9.15 Å². The first kappa shape index (κ1) is 21.9. The molecule has 0 unspecified atom stereocenters. The van der Waals surface area contributed by atoms with E-state index in [-0.39, 0.29) is 22.1 Å². The molecule has 1 saturated heterocycles. The maximum absolute atomic E-state index is 13.1. The molecule has 9 nitrogen and oxygen atoms in total. The molecule has 1 aromatic heterocycles. The van der Waals surface area contributed by atoms with Crippen molar-refractivity contribution in [1.29, 1.82) is 0 Å².